The average Bonchev–Trinajstić information content (AvgIpc) is 3.49. The summed E-state index contributed by atoms with van der Waals surface area (Å²) in [5, 5.41) is 23.6. The number of H-pyrrole nitrogens is 1. The van der Waals surface area contributed by atoms with Crippen LogP contribution in [0.2, 0.25) is 10.2 Å². The minimum Gasteiger partial charge on any atom is -0.438 e. The molecule has 0 radical (unpaired) electrons. The molecular weight excluding hydrogens is 541 g/mol. The van der Waals surface area contributed by atoms with Gasteiger partial charge in [-0.25, -0.2) is 9.78 Å². The van der Waals surface area contributed by atoms with Crippen LogP contribution in [-0.2, 0) is 17.4 Å². The van der Waals surface area contributed by atoms with E-state index in [4.69, 9.17) is 33.7 Å². The van der Waals surface area contributed by atoms with Crippen LogP contribution in [0, 0.1) is 11.3 Å². The van der Waals surface area contributed by atoms with Gasteiger partial charge in [-0.2, -0.15) is 20.4 Å². The number of fused-ring (bicyclic) bond motifs is 2. The molecule has 11 nitrogen and oxygen atoms in total. The third-order valence-electron chi connectivity index (χ3n) is 7.09. The summed E-state index contributed by atoms with van der Waals surface area (Å²) in [6, 6.07) is 15.3. The molecule has 0 bridgehead atoms. The molecule has 0 atom stereocenters. The van der Waals surface area contributed by atoms with Crippen LogP contribution in [0.5, 0.6) is 0 Å². The first-order valence-electron chi connectivity index (χ1n) is 12.1. The van der Waals surface area contributed by atoms with Gasteiger partial charge in [0.15, 0.2) is 11.3 Å². The number of halogens is 2. The molecule has 1 aliphatic rings. The van der Waals surface area contributed by atoms with Gasteiger partial charge in [0, 0.05) is 38.5 Å². The summed E-state index contributed by atoms with van der Waals surface area (Å²) in [6.45, 7) is 0.940. The molecule has 3 N–H and O–H groups in total. The largest absolute Gasteiger partial charge is 0.438 e. The molecule has 3 aromatic heterocycles. The highest BCUT2D eigenvalue weighted by Crippen LogP contribution is 2.41. The standard InChI is InChI=1S/C26H21Cl2N9O2/c1-36-22(28)18-16(35-36)8-7-15(20(18)27)21-19-17(13-29)31-25(32-23(19)34-33-21)37-11-9-26(10-12-37,39-24(30)38)14-5-3-2-4-6-14/h2-8H,9-12H2,1H3,(H2,30,38)(H,31,32,33,34). The first kappa shape index (κ1) is 24.9. The van der Waals surface area contributed by atoms with E-state index in [9.17, 15) is 10.1 Å². The van der Waals surface area contributed by atoms with Gasteiger partial charge in [0.1, 0.15) is 16.8 Å². The van der Waals surface area contributed by atoms with Crippen molar-refractivity contribution < 1.29 is 9.53 Å². The number of ether oxygens (including phenoxy) is 1. The maximum Gasteiger partial charge on any atom is 0.405 e. The van der Waals surface area contributed by atoms with E-state index in [1.54, 1.807) is 23.9 Å². The number of nitrogens with one attached hydrogen (secondary N) is 1. The van der Waals surface area contributed by atoms with Crippen LogP contribution in [0.25, 0.3) is 33.2 Å². The highest BCUT2D eigenvalue weighted by Gasteiger charge is 2.40. The zero-order valence-electron chi connectivity index (χ0n) is 20.7. The first-order valence-corrected chi connectivity index (χ1v) is 12.8. The second-order valence-electron chi connectivity index (χ2n) is 9.29. The van der Waals surface area contributed by atoms with Gasteiger partial charge in [-0.05, 0) is 17.7 Å². The predicted molar refractivity (Wildman–Crippen MR) is 146 cm³/mol. The Balaban J connectivity index is 1.36. The number of anilines is 1. The molecule has 2 aromatic carbocycles. The van der Waals surface area contributed by atoms with Crippen molar-refractivity contribution in [3.05, 3.63) is 63.9 Å². The number of benzene rings is 2. The van der Waals surface area contributed by atoms with Gasteiger partial charge >= 0.3 is 6.09 Å². The Morgan fingerprint density at radius 3 is 2.56 bits per heavy atom. The Labute approximate surface area is 232 Å². The number of nitrogens with two attached hydrogens (primary N) is 1. The highest BCUT2D eigenvalue weighted by molar-refractivity contribution is 6.43. The predicted octanol–water partition coefficient (Wildman–Crippen LogP) is 4.68. The summed E-state index contributed by atoms with van der Waals surface area (Å²) in [4.78, 5) is 22.9. The fourth-order valence-electron chi connectivity index (χ4n) is 5.19. The second-order valence-corrected chi connectivity index (χ2v) is 10.0. The highest BCUT2D eigenvalue weighted by atomic mass is 35.5. The van der Waals surface area contributed by atoms with Crippen molar-refractivity contribution >= 4 is 57.2 Å². The van der Waals surface area contributed by atoms with Gasteiger partial charge in [-0.3, -0.25) is 9.78 Å². The molecule has 1 aliphatic heterocycles. The molecule has 4 heterocycles. The molecule has 13 heteroatoms. The van der Waals surface area contributed by atoms with Crippen LogP contribution >= 0.6 is 23.2 Å². The zero-order chi connectivity index (χ0) is 27.3. The van der Waals surface area contributed by atoms with E-state index in [0.29, 0.717) is 75.2 Å². The summed E-state index contributed by atoms with van der Waals surface area (Å²) in [5.74, 6) is 0.356. The maximum absolute atomic E-state index is 11.8. The van der Waals surface area contributed by atoms with Gasteiger partial charge in [0.2, 0.25) is 5.95 Å². The maximum atomic E-state index is 11.8. The molecule has 0 unspecified atom stereocenters. The Hall–Kier alpha value is -4.40. The molecule has 1 fully saturated rings. The summed E-state index contributed by atoms with van der Waals surface area (Å²) < 4.78 is 7.19. The average molecular weight is 562 g/mol. The number of nitriles is 1. The SMILES string of the molecule is Cn1nc2ccc(-c3[nH]nc4nc(N5CCC(OC(N)=O)(c6ccccc6)CC5)nc(C#N)c34)c(Cl)c2c1Cl. The number of hydrogen-bond donors (Lipinski definition) is 2. The monoisotopic (exact) mass is 561 g/mol. The molecule has 0 spiro atoms. The van der Waals surface area contributed by atoms with Crippen molar-refractivity contribution in [3.63, 3.8) is 0 Å². The van der Waals surface area contributed by atoms with Crippen molar-refractivity contribution in [1.29, 1.82) is 5.26 Å². The van der Waals surface area contributed by atoms with E-state index in [2.05, 4.69) is 31.3 Å². The quantitative estimate of drug-likeness (QED) is 0.321. The summed E-state index contributed by atoms with van der Waals surface area (Å²) in [6.07, 6.45) is 0.109. The lowest BCUT2D eigenvalue weighted by atomic mass is 9.84. The van der Waals surface area contributed by atoms with E-state index in [1.807, 2.05) is 35.2 Å². The minimum atomic E-state index is -0.853. The molecule has 6 rings (SSSR count). The molecule has 1 amide bonds. The number of aromatic amines is 1. The van der Waals surface area contributed by atoms with Gasteiger partial charge in [0.05, 0.1) is 27.0 Å². The lowest BCUT2D eigenvalue weighted by molar-refractivity contribution is -0.00679. The third kappa shape index (κ3) is 4.09. The van der Waals surface area contributed by atoms with Crippen LogP contribution in [-0.4, -0.2) is 49.1 Å². The van der Waals surface area contributed by atoms with Gasteiger partial charge < -0.3 is 15.4 Å². The number of hydrogen-bond acceptors (Lipinski definition) is 8. The van der Waals surface area contributed by atoms with Crippen LogP contribution in [0.1, 0.15) is 24.1 Å². The topological polar surface area (TPSA) is 152 Å². The molecule has 5 aromatic rings. The van der Waals surface area contributed by atoms with E-state index in [-0.39, 0.29) is 5.69 Å². The van der Waals surface area contributed by atoms with Crippen molar-refractivity contribution in [3.8, 4) is 17.3 Å². The number of aromatic nitrogens is 6. The van der Waals surface area contributed by atoms with E-state index >= 15 is 0 Å². The van der Waals surface area contributed by atoms with E-state index in [0.717, 1.165) is 5.56 Å². The number of carbonyl (C=O) groups excluding carboxylic acids is 1. The summed E-state index contributed by atoms with van der Waals surface area (Å²) in [7, 11) is 1.73. The normalized spacial score (nSPS) is 15.0. The van der Waals surface area contributed by atoms with Crippen molar-refractivity contribution in [1.82, 2.24) is 29.9 Å². The molecule has 0 saturated carbocycles. The molecule has 0 aliphatic carbocycles. The number of nitrogens with zero attached hydrogens (tertiary/aromatic N) is 7. The summed E-state index contributed by atoms with van der Waals surface area (Å²) >= 11 is 13.2. The number of carbonyl (C=O) groups is 1. The Kier molecular flexibility index (Phi) is 6.01. The molecule has 196 valence electrons. The minimum absolute atomic E-state index is 0.153. The number of aryl methyl sites for hydroxylation is 1. The first-order chi connectivity index (χ1) is 18.8. The van der Waals surface area contributed by atoms with Gasteiger partial charge in [-0.15, -0.1) is 0 Å². The molecule has 39 heavy (non-hydrogen) atoms. The van der Waals surface area contributed by atoms with Crippen LogP contribution in [0.4, 0.5) is 10.7 Å². The van der Waals surface area contributed by atoms with Gasteiger partial charge in [0.25, 0.3) is 0 Å². The zero-order valence-corrected chi connectivity index (χ0v) is 22.2. The van der Waals surface area contributed by atoms with Crippen molar-refractivity contribution in [2.75, 3.05) is 18.0 Å². The van der Waals surface area contributed by atoms with Crippen LogP contribution in [0.15, 0.2) is 42.5 Å². The molecule has 1 saturated heterocycles. The van der Waals surface area contributed by atoms with E-state index < -0.39 is 11.7 Å². The summed E-state index contributed by atoms with van der Waals surface area (Å²) in [5.41, 5.74) is 7.68. The fourth-order valence-corrected chi connectivity index (χ4v) is 5.81. The molecular formula is C26H21Cl2N9O2. The Morgan fingerprint density at radius 1 is 1.13 bits per heavy atom. The Morgan fingerprint density at radius 2 is 1.87 bits per heavy atom. The number of rotatable bonds is 4. The van der Waals surface area contributed by atoms with E-state index in [1.165, 1.54) is 0 Å². The number of piperidine rings is 1. The lowest BCUT2D eigenvalue weighted by Gasteiger charge is -2.41. The van der Waals surface area contributed by atoms with Crippen LogP contribution in [0.3, 0.4) is 0 Å². The number of amides is 1. The van der Waals surface area contributed by atoms with Crippen molar-refractivity contribution in [2.45, 2.75) is 18.4 Å². The van der Waals surface area contributed by atoms with Crippen molar-refractivity contribution in [2.24, 2.45) is 12.8 Å². The number of primary amides is 1. The lowest BCUT2D eigenvalue weighted by Crippen LogP contribution is -2.46. The smallest absolute Gasteiger partial charge is 0.405 e. The Bertz CT molecular complexity index is 1780. The van der Waals surface area contributed by atoms with Crippen LogP contribution < -0.4 is 10.6 Å². The fraction of sp³-hybridized carbons (Fsp3) is 0.231. The third-order valence-corrected chi connectivity index (χ3v) is 7.92. The van der Waals surface area contributed by atoms with Gasteiger partial charge in [-0.1, -0.05) is 53.5 Å². The second kappa shape index (κ2) is 9.41.